The van der Waals surface area contributed by atoms with E-state index in [-0.39, 0.29) is 5.97 Å². The molecule has 3 aromatic rings. The van der Waals surface area contributed by atoms with Crippen molar-refractivity contribution in [2.24, 2.45) is 0 Å². The number of nitrogens with zero attached hydrogens (tertiary/aromatic N) is 2. The zero-order valence-corrected chi connectivity index (χ0v) is 24.7. The van der Waals surface area contributed by atoms with Gasteiger partial charge in [-0.3, -0.25) is 4.98 Å². The molecule has 0 spiro atoms. The quantitative estimate of drug-likeness (QED) is 0.206. The Balaban J connectivity index is 0.000000302. The van der Waals surface area contributed by atoms with Gasteiger partial charge in [-0.2, -0.15) is 0 Å². The van der Waals surface area contributed by atoms with E-state index in [2.05, 4.69) is 61.8 Å². The van der Waals surface area contributed by atoms with Crippen LogP contribution in [0.3, 0.4) is 0 Å². The number of hydrogen-bond acceptors (Lipinski definition) is 3. The van der Waals surface area contributed by atoms with Crippen LogP contribution in [0, 0.1) is 35.7 Å². The molecular weight excluding hydrogens is 636 g/mol. The number of fused-ring (bicyclic) bond motifs is 1. The van der Waals surface area contributed by atoms with E-state index in [0.29, 0.717) is 5.56 Å². The number of methoxy groups -OCH3 is 1. The number of hydrogen-bond donors (Lipinski definition) is 0. The second-order valence-corrected chi connectivity index (χ2v) is 8.54. The Morgan fingerprint density at radius 1 is 1.00 bits per heavy atom. The molecule has 0 bridgehead atoms. The number of esters is 1. The van der Waals surface area contributed by atoms with Crippen molar-refractivity contribution in [2.45, 2.75) is 60.9 Å². The standard InChI is InChI=1S/C19H19N2O2.C10H15.ClH.Ir/c1-3-4-12-21-17-11-10-15(19(22)23-2)13-16(17)20-18(21)14-8-6-5-7-9-14;1-6-7(2)9(4)10(5)8(6)3;;/h5-8,10-11,13H,3-4,12H2,1-2H3;1-5H3;1H;/q-1;;;+3/p-1. The average Bonchev–Trinajstić information content (AvgIpc) is 3.35. The molecule has 1 aliphatic carbocycles. The van der Waals surface area contributed by atoms with E-state index in [4.69, 9.17) is 9.72 Å². The minimum atomic E-state index is -0.345. The van der Waals surface area contributed by atoms with Crippen LogP contribution in [0.2, 0.25) is 0 Å². The van der Waals surface area contributed by atoms with E-state index >= 15 is 0 Å². The number of halogens is 1. The second kappa shape index (κ2) is 14.2. The van der Waals surface area contributed by atoms with Gasteiger partial charge in [0, 0.05) is 6.54 Å². The number of unbranched alkanes of at least 4 members (excludes halogenated alkanes) is 1. The van der Waals surface area contributed by atoms with Gasteiger partial charge in [0.2, 0.25) is 0 Å². The zero-order valence-electron chi connectivity index (χ0n) is 21.6. The summed E-state index contributed by atoms with van der Waals surface area (Å²) in [5.74, 6) is 7.88. The summed E-state index contributed by atoms with van der Waals surface area (Å²) in [5.41, 5.74) is 3.30. The summed E-state index contributed by atoms with van der Waals surface area (Å²) in [5, 5.41) is 0. The topological polar surface area (TPSA) is 44.1 Å². The van der Waals surface area contributed by atoms with Crippen LogP contribution in [0.25, 0.3) is 22.4 Å². The van der Waals surface area contributed by atoms with Gasteiger partial charge in [-0.1, -0.05) is 48.0 Å². The average molecular weight is 670 g/mol. The van der Waals surface area contributed by atoms with Crippen molar-refractivity contribution in [3.63, 3.8) is 0 Å². The van der Waals surface area contributed by atoms with Crippen LogP contribution in [-0.2, 0) is 29.2 Å². The van der Waals surface area contributed by atoms with Crippen molar-refractivity contribution in [1.29, 1.82) is 0 Å². The molecule has 1 aliphatic rings. The Morgan fingerprint density at radius 2 is 1.60 bits per heavy atom. The first-order valence-corrected chi connectivity index (χ1v) is 14.6. The molecule has 0 amide bonds. The van der Waals surface area contributed by atoms with Gasteiger partial charge in [0.05, 0.1) is 29.5 Å². The van der Waals surface area contributed by atoms with E-state index in [0.717, 1.165) is 41.8 Å². The van der Waals surface area contributed by atoms with Gasteiger partial charge < -0.3 is 9.30 Å². The normalized spacial score (nSPS) is 15.5. The number of rotatable bonds is 5. The van der Waals surface area contributed by atoms with Crippen molar-refractivity contribution in [2.75, 3.05) is 7.11 Å². The van der Waals surface area contributed by atoms with Crippen molar-refractivity contribution < 1.29 is 27.4 Å². The van der Waals surface area contributed by atoms with E-state index < -0.39 is 0 Å². The van der Waals surface area contributed by atoms with Gasteiger partial charge in [0.15, 0.2) is 0 Å². The van der Waals surface area contributed by atoms with E-state index in [1.165, 1.54) is 54.6 Å². The van der Waals surface area contributed by atoms with Gasteiger partial charge in [0.25, 0.3) is 0 Å². The maximum atomic E-state index is 11.7. The fourth-order valence-corrected chi connectivity index (χ4v) is 4.06. The fourth-order valence-electron chi connectivity index (χ4n) is 4.06. The van der Waals surface area contributed by atoms with E-state index in [1.54, 1.807) is 12.1 Å². The zero-order chi connectivity index (χ0) is 26.1. The van der Waals surface area contributed by atoms with Gasteiger partial charge in [-0.15, -0.1) is 35.9 Å². The molecule has 1 heterocycles. The fraction of sp³-hybridized carbons (Fsp3) is 0.345. The second-order valence-electron chi connectivity index (χ2n) is 8.54. The molecule has 0 N–H and O–H groups in total. The van der Waals surface area contributed by atoms with Crippen LogP contribution in [0.15, 0.2) is 42.5 Å². The summed E-state index contributed by atoms with van der Waals surface area (Å²) in [6, 6.07) is 16.6. The molecule has 1 aromatic heterocycles. The summed E-state index contributed by atoms with van der Waals surface area (Å²) in [4.78, 5) is 16.5. The first-order valence-electron chi connectivity index (χ1n) is 11.7. The van der Waals surface area contributed by atoms with Crippen LogP contribution in [0.4, 0.5) is 0 Å². The van der Waals surface area contributed by atoms with Gasteiger partial charge in [-0.05, 0) is 54.2 Å². The van der Waals surface area contributed by atoms with Crippen LogP contribution < -0.4 is 0 Å². The van der Waals surface area contributed by atoms with Crippen LogP contribution in [-0.4, -0.2) is 22.6 Å². The number of imidazole rings is 1. The molecule has 35 heavy (non-hydrogen) atoms. The third-order valence-corrected chi connectivity index (χ3v) is 6.67. The molecule has 1 fully saturated rings. The third kappa shape index (κ3) is 6.96. The van der Waals surface area contributed by atoms with Gasteiger partial charge in [0.1, 0.15) is 0 Å². The Bertz CT molecular complexity index is 1020. The van der Waals surface area contributed by atoms with Crippen LogP contribution >= 0.6 is 9.58 Å². The first kappa shape index (κ1) is 29.5. The summed E-state index contributed by atoms with van der Waals surface area (Å²) in [7, 11) is 6.02. The minimum absolute atomic E-state index is 0.345. The Labute approximate surface area is 226 Å². The van der Waals surface area contributed by atoms with Gasteiger partial charge in [-0.25, -0.2) is 4.79 Å². The number of ether oxygens (including phenoxy) is 1. The molecule has 0 saturated heterocycles. The molecule has 6 heteroatoms. The predicted octanol–water partition coefficient (Wildman–Crippen LogP) is 7.75. The number of carbonyl (C=O) groups excluding carboxylic acids is 1. The molecule has 2 aromatic carbocycles. The molecule has 4 nitrogen and oxygen atoms in total. The Hall–Kier alpha value is -1.68. The van der Waals surface area contributed by atoms with E-state index in [1.807, 2.05) is 30.3 Å². The van der Waals surface area contributed by atoms with E-state index in [9.17, 15) is 4.79 Å². The molecule has 0 unspecified atom stereocenters. The molecule has 5 radical (unpaired) electrons. The number of aromatic nitrogens is 2. The van der Waals surface area contributed by atoms with Crippen LogP contribution in [0.5, 0.6) is 0 Å². The number of benzene rings is 2. The molecule has 187 valence electrons. The summed E-state index contributed by atoms with van der Waals surface area (Å²) < 4.78 is 6.99. The monoisotopic (exact) mass is 670 g/mol. The predicted molar refractivity (Wildman–Crippen MR) is 141 cm³/mol. The van der Waals surface area contributed by atoms with Gasteiger partial charge >= 0.3 is 33.4 Å². The molecule has 1 saturated carbocycles. The van der Waals surface area contributed by atoms with Crippen molar-refractivity contribution in [3.8, 4) is 11.4 Å². The van der Waals surface area contributed by atoms with Crippen molar-refractivity contribution >= 4 is 26.6 Å². The molecule has 4 rings (SSSR count). The number of carbonyl (C=O) groups is 1. The maximum absolute atomic E-state index is 11.7. The molecule has 0 atom stereocenters. The summed E-state index contributed by atoms with van der Waals surface area (Å²) in [6.45, 7) is 14.1. The Morgan fingerprint density at radius 3 is 2.09 bits per heavy atom. The van der Waals surface area contributed by atoms with Crippen molar-refractivity contribution in [3.05, 3.63) is 83.7 Å². The summed E-state index contributed by atoms with van der Waals surface area (Å²) >= 11 is 1.47. The Kier molecular flexibility index (Phi) is 12.0. The number of aryl methyl sites for hydroxylation is 1. The van der Waals surface area contributed by atoms with Crippen LogP contribution in [0.1, 0.15) is 64.7 Å². The molecular formula is C29H34ClIrN2O2+. The first-order chi connectivity index (χ1) is 16.8. The third-order valence-electron chi connectivity index (χ3n) is 6.67. The molecule has 0 aliphatic heterocycles. The SMILES string of the molecule is CCCCn1c(-c2[c-]cccc2)nc2cc(C(=O)OC)ccc21.C[C]1[C](C)[C](C)[C](C)[C]1C.[Cl][Ir+2]. The summed E-state index contributed by atoms with van der Waals surface area (Å²) in [6.07, 6.45) is 2.18. The van der Waals surface area contributed by atoms with Crippen molar-refractivity contribution in [1.82, 2.24) is 9.55 Å².